The standard InChI is InChI=1S/C6H6O2S.ClH/c7-9(8)6-4-2-1-3-5-6;/h1-5H,(H,7,8);1H/p-1. The lowest BCUT2D eigenvalue weighted by molar-refractivity contribution is 0.537. The minimum Gasteiger partial charge on any atom is -0.768 e. The van der Waals surface area contributed by atoms with Gasteiger partial charge < -0.3 is 4.55 Å². The quantitative estimate of drug-likeness (QED) is 0.608. The Bertz CT molecular complexity index is 212. The number of benzene rings is 1. The van der Waals surface area contributed by atoms with Crippen LogP contribution in [0.4, 0.5) is 0 Å². The van der Waals surface area contributed by atoms with Gasteiger partial charge in [-0.05, 0) is 23.2 Å². The Labute approximate surface area is 68.0 Å². The molecule has 1 aromatic carbocycles. The summed E-state index contributed by atoms with van der Waals surface area (Å²) in [5.74, 6) is 0. The summed E-state index contributed by atoms with van der Waals surface area (Å²) in [6, 6.07) is 8.23. The van der Waals surface area contributed by atoms with Gasteiger partial charge in [0.05, 0.1) is 0 Å². The maximum Gasteiger partial charge on any atom is 0.0248 e. The second kappa shape index (κ2) is 4.44. The van der Waals surface area contributed by atoms with Crippen LogP contribution in [0.3, 0.4) is 0 Å². The van der Waals surface area contributed by atoms with E-state index in [0.717, 1.165) is 0 Å². The van der Waals surface area contributed by atoms with E-state index in [1.165, 1.54) is 0 Å². The molecule has 0 spiro atoms. The summed E-state index contributed by atoms with van der Waals surface area (Å²) in [5, 5.41) is 0. The number of hydrogen-bond acceptors (Lipinski definition) is 2. The molecule has 10 heavy (non-hydrogen) atoms. The first-order valence-electron chi connectivity index (χ1n) is 2.45. The molecule has 2 nitrogen and oxygen atoms in total. The number of rotatable bonds is 1. The van der Waals surface area contributed by atoms with E-state index in [1.54, 1.807) is 30.3 Å². The summed E-state index contributed by atoms with van der Waals surface area (Å²) in [7, 11) is 0. The van der Waals surface area contributed by atoms with E-state index < -0.39 is 11.1 Å². The summed E-state index contributed by atoms with van der Waals surface area (Å²) in [5.41, 5.74) is 0. The largest absolute Gasteiger partial charge is 0.768 e. The van der Waals surface area contributed by atoms with Gasteiger partial charge in [0.15, 0.2) is 0 Å². The second-order valence-electron chi connectivity index (χ2n) is 1.55. The van der Waals surface area contributed by atoms with Crippen molar-refractivity contribution in [1.82, 2.24) is 0 Å². The van der Waals surface area contributed by atoms with E-state index in [0.29, 0.717) is 4.90 Å². The van der Waals surface area contributed by atoms with E-state index in [-0.39, 0.29) is 12.4 Å². The molecule has 0 aliphatic rings. The van der Waals surface area contributed by atoms with Crippen LogP contribution in [-0.4, -0.2) is 8.76 Å². The van der Waals surface area contributed by atoms with Crippen LogP contribution in [0.5, 0.6) is 0 Å². The van der Waals surface area contributed by atoms with Gasteiger partial charge in [-0.2, -0.15) is 0 Å². The molecule has 0 saturated heterocycles. The van der Waals surface area contributed by atoms with E-state index in [9.17, 15) is 8.76 Å². The summed E-state index contributed by atoms with van der Waals surface area (Å²) in [6.45, 7) is 0. The normalized spacial score (nSPS) is 11.7. The molecule has 0 fully saturated rings. The van der Waals surface area contributed by atoms with Crippen LogP contribution in [0.25, 0.3) is 0 Å². The third kappa shape index (κ3) is 2.47. The van der Waals surface area contributed by atoms with Gasteiger partial charge in [0, 0.05) is 4.90 Å². The van der Waals surface area contributed by atoms with E-state index in [1.807, 2.05) is 0 Å². The fourth-order valence-corrected chi connectivity index (χ4v) is 0.911. The maximum absolute atomic E-state index is 10.2. The lowest BCUT2D eigenvalue weighted by Gasteiger charge is -2.01. The molecular formula is C6H6ClO2S-. The fraction of sp³-hybridized carbons (Fsp3) is 0. The summed E-state index contributed by atoms with van der Waals surface area (Å²) in [6.07, 6.45) is 0. The molecule has 0 amide bonds. The Morgan fingerprint density at radius 3 is 2.00 bits per heavy atom. The van der Waals surface area contributed by atoms with E-state index in [4.69, 9.17) is 0 Å². The molecule has 1 rings (SSSR count). The van der Waals surface area contributed by atoms with Crippen molar-refractivity contribution >= 4 is 23.5 Å². The fourth-order valence-electron chi connectivity index (χ4n) is 0.532. The highest BCUT2D eigenvalue weighted by Crippen LogP contribution is 2.00. The molecule has 0 aliphatic heterocycles. The van der Waals surface area contributed by atoms with Crippen LogP contribution >= 0.6 is 12.4 Å². The maximum atomic E-state index is 10.2. The number of halogens is 1. The van der Waals surface area contributed by atoms with Gasteiger partial charge in [-0.15, -0.1) is 12.4 Å². The van der Waals surface area contributed by atoms with Crippen molar-refractivity contribution in [2.45, 2.75) is 4.90 Å². The van der Waals surface area contributed by atoms with Crippen LogP contribution in [0, 0.1) is 0 Å². The van der Waals surface area contributed by atoms with Gasteiger partial charge in [-0.25, -0.2) is 0 Å². The third-order valence-electron chi connectivity index (χ3n) is 0.936. The molecule has 0 N–H and O–H groups in total. The first kappa shape index (κ1) is 9.62. The van der Waals surface area contributed by atoms with Crippen LogP contribution < -0.4 is 0 Å². The Morgan fingerprint density at radius 2 is 1.70 bits per heavy atom. The molecule has 0 bridgehead atoms. The molecule has 0 saturated carbocycles. The molecule has 0 aliphatic carbocycles. The topological polar surface area (TPSA) is 40.1 Å². The Morgan fingerprint density at radius 1 is 1.20 bits per heavy atom. The van der Waals surface area contributed by atoms with Crippen molar-refractivity contribution in [3.05, 3.63) is 30.3 Å². The SMILES string of the molecule is Cl.O=S([O-])c1ccccc1. The van der Waals surface area contributed by atoms with Crippen molar-refractivity contribution < 1.29 is 8.76 Å². The Hall–Kier alpha value is -0.380. The van der Waals surface area contributed by atoms with Gasteiger partial charge in [-0.1, -0.05) is 18.2 Å². The van der Waals surface area contributed by atoms with Crippen LogP contribution in [0.15, 0.2) is 35.2 Å². The molecular weight excluding hydrogens is 172 g/mol. The molecule has 1 atom stereocenters. The first-order valence-corrected chi connectivity index (χ1v) is 3.52. The monoisotopic (exact) mass is 177 g/mol. The molecule has 0 aromatic heterocycles. The van der Waals surface area contributed by atoms with Crippen molar-refractivity contribution in [1.29, 1.82) is 0 Å². The average Bonchev–Trinajstić information content (AvgIpc) is 1.90. The predicted molar refractivity (Wildman–Crippen MR) is 40.9 cm³/mol. The first-order chi connectivity index (χ1) is 4.30. The highest BCUT2D eigenvalue weighted by Gasteiger charge is 1.84. The van der Waals surface area contributed by atoms with Gasteiger partial charge in [0.25, 0.3) is 0 Å². The van der Waals surface area contributed by atoms with Crippen molar-refractivity contribution in [3.8, 4) is 0 Å². The molecule has 0 radical (unpaired) electrons. The average molecular weight is 178 g/mol. The zero-order chi connectivity index (χ0) is 6.69. The summed E-state index contributed by atoms with van der Waals surface area (Å²) in [4.78, 5) is 0.331. The lowest BCUT2D eigenvalue weighted by Crippen LogP contribution is -1.85. The van der Waals surface area contributed by atoms with Gasteiger partial charge in [0.1, 0.15) is 0 Å². The smallest absolute Gasteiger partial charge is 0.0248 e. The summed E-state index contributed by atoms with van der Waals surface area (Å²) < 4.78 is 20.4. The highest BCUT2D eigenvalue weighted by atomic mass is 35.5. The molecule has 1 aromatic rings. The van der Waals surface area contributed by atoms with Crippen LogP contribution in [0.2, 0.25) is 0 Å². The second-order valence-corrected chi connectivity index (χ2v) is 2.49. The zero-order valence-corrected chi connectivity index (χ0v) is 6.65. The van der Waals surface area contributed by atoms with Gasteiger partial charge >= 0.3 is 0 Å². The molecule has 4 heteroatoms. The molecule has 0 heterocycles. The van der Waals surface area contributed by atoms with Crippen LogP contribution in [0.1, 0.15) is 0 Å². The highest BCUT2D eigenvalue weighted by molar-refractivity contribution is 7.79. The van der Waals surface area contributed by atoms with Crippen molar-refractivity contribution in [3.63, 3.8) is 0 Å². The Kier molecular flexibility index (Phi) is 4.27. The molecule has 1 unspecified atom stereocenters. The van der Waals surface area contributed by atoms with Gasteiger partial charge in [0.2, 0.25) is 0 Å². The van der Waals surface area contributed by atoms with Crippen molar-refractivity contribution in [2.75, 3.05) is 0 Å². The third-order valence-corrected chi connectivity index (χ3v) is 1.59. The summed E-state index contributed by atoms with van der Waals surface area (Å²) >= 11 is -2.08. The van der Waals surface area contributed by atoms with E-state index in [2.05, 4.69) is 0 Å². The predicted octanol–water partition coefficient (Wildman–Crippen LogP) is 1.35. The lowest BCUT2D eigenvalue weighted by atomic mass is 10.4. The number of hydrogen-bond donors (Lipinski definition) is 0. The van der Waals surface area contributed by atoms with Gasteiger partial charge in [-0.3, -0.25) is 4.21 Å². The Balaban J connectivity index is 0.000000810. The van der Waals surface area contributed by atoms with E-state index >= 15 is 0 Å². The molecule has 56 valence electrons. The zero-order valence-electron chi connectivity index (χ0n) is 5.02. The minimum absolute atomic E-state index is 0. The van der Waals surface area contributed by atoms with Crippen molar-refractivity contribution in [2.24, 2.45) is 0 Å². The van der Waals surface area contributed by atoms with Crippen LogP contribution in [-0.2, 0) is 11.1 Å². The minimum atomic E-state index is -2.08.